The van der Waals surface area contributed by atoms with E-state index in [9.17, 15) is 0 Å². The number of nitrogens with zero attached hydrogens (tertiary/aromatic N) is 3. The first-order valence-corrected chi connectivity index (χ1v) is 12.7. The van der Waals surface area contributed by atoms with Crippen molar-refractivity contribution in [3.63, 3.8) is 0 Å². The molecule has 0 N–H and O–H groups in total. The lowest BCUT2D eigenvalue weighted by molar-refractivity contribution is 0.0355. The van der Waals surface area contributed by atoms with E-state index < -0.39 is 8.80 Å². The molecule has 0 radical (unpaired) electrons. The van der Waals surface area contributed by atoms with Crippen molar-refractivity contribution in [2.24, 2.45) is 5.41 Å². The Bertz CT molecular complexity index is 326. The molecule has 164 valence electrons. The highest BCUT2D eigenvalue weighted by Crippen LogP contribution is 2.34. The minimum Gasteiger partial charge on any atom is -0.374 e. The molecule has 0 aliphatic heterocycles. The average Bonchev–Trinajstić information content (AvgIpc) is 2.61. The van der Waals surface area contributed by atoms with E-state index in [2.05, 4.69) is 56.6 Å². The van der Waals surface area contributed by atoms with Crippen LogP contribution >= 0.6 is 0 Å². The molecule has 7 heteroatoms. The van der Waals surface area contributed by atoms with Crippen molar-refractivity contribution in [3.8, 4) is 0 Å². The fourth-order valence-electron chi connectivity index (χ4n) is 3.77. The maximum Gasteiger partial charge on any atom is 0.501 e. The second-order valence-corrected chi connectivity index (χ2v) is 10.2. The third-order valence-corrected chi connectivity index (χ3v) is 8.49. The zero-order chi connectivity index (χ0) is 20.9. The van der Waals surface area contributed by atoms with E-state index in [0.29, 0.717) is 19.8 Å². The molecule has 0 rings (SSSR count). The molecule has 0 aliphatic carbocycles. The van der Waals surface area contributed by atoms with E-state index in [-0.39, 0.29) is 5.41 Å². The highest BCUT2D eigenvalue weighted by atomic mass is 28.4. The molecule has 0 amide bonds. The van der Waals surface area contributed by atoms with E-state index >= 15 is 0 Å². The highest BCUT2D eigenvalue weighted by molar-refractivity contribution is 6.60. The second-order valence-electron chi connectivity index (χ2n) is 7.65. The van der Waals surface area contributed by atoms with Crippen LogP contribution in [0.1, 0.15) is 41.5 Å². The third-order valence-electron chi connectivity index (χ3n) is 5.12. The van der Waals surface area contributed by atoms with Crippen molar-refractivity contribution in [2.75, 3.05) is 80.2 Å². The molecule has 0 aliphatic rings. The SMILES string of the molecule is CCO[Si](CC(CN(C)CC)(CN(C)CC)CN(C)CC)(OCC)OCC. The molecule has 0 fully saturated rings. The lowest BCUT2D eigenvalue weighted by Crippen LogP contribution is -2.57. The number of rotatable bonds is 17. The van der Waals surface area contributed by atoms with Gasteiger partial charge in [-0.15, -0.1) is 0 Å². The van der Waals surface area contributed by atoms with Crippen molar-refractivity contribution in [1.82, 2.24) is 14.7 Å². The lowest BCUT2D eigenvalue weighted by Gasteiger charge is -2.45. The number of hydrogen-bond donors (Lipinski definition) is 0. The molecule has 0 atom stereocenters. The predicted molar refractivity (Wildman–Crippen MR) is 117 cm³/mol. The Morgan fingerprint density at radius 3 is 1.11 bits per heavy atom. The summed E-state index contributed by atoms with van der Waals surface area (Å²) in [6, 6.07) is 0.842. The molecule has 0 spiro atoms. The maximum atomic E-state index is 6.25. The van der Waals surface area contributed by atoms with Gasteiger partial charge in [-0.2, -0.15) is 0 Å². The van der Waals surface area contributed by atoms with Crippen LogP contribution in [0.5, 0.6) is 0 Å². The summed E-state index contributed by atoms with van der Waals surface area (Å²) in [5, 5.41) is 0. The van der Waals surface area contributed by atoms with Gasteiger partial charge in [-0.25, -0.2) is 0 Å². The normalized spacial score (nSPS) is 13.3. The smallest absolute Gasteiger partial charge is 0.374 e. The van der Waals surface area contributed by atoms with Crippen molar-refractivity contribution in [1.29, 1.82) is 0 Å². The highest BCUT2D eigenvalue weighted by Gasteiger charge is 2.50. The minimum absolute atomic E-state index is 0.0199. The lowest BCUT2D eigenvalue weighted by atomic mass is 9.88. The van der Waals surface area contributed by atoms with E-state index in [1.54, 1.807) is 0 Å². The average molecular weight is 406 g/mol. The molecule has 0 bridgehead atoms. The number of hydrogen-bond acceptors (Lipinski definition) is 6. The molecule has 0 unspecified atom stereocenters. The predicted octanol–water partition coefficient (Wildman–Crippen LogP) is 2.88. The van der Waals surface area contributed by atoms with E-state index in [4.69, 9.17) is 13.3 Å². The van der Waals surface area contributed by atoms with Gasteiger partial charge in [0.05, 0.1) is 0 Å². The van der Waals surface area contributed by atoms with Gasteiger partial charge < -0.3 is 28.0 Å². The maximum absolute atomic E-state index is 6.25. The quantitative estimate of drug-likeness (QED) is 0.346. The Labute approximate surface area is 170 Å². The van der Waals surface area contributed by atoms with Crippen LogP contribution < -0.4 is 0 Å². The Kier molecular flexibility index (Phi) is 14.0. The minimum atomic E-state index is -2.75. The molecule has 0 aromatic heterocycles. The van der Waals surface area contributed by atoms with Crippen molar-refractivity contribution in [3.05, 3.63) is 0 Å². The summed E-state index contributed by atoms with van der Waals surface area (Å²) in [6.45, 7) is 20.7. The van der Waals surface area contributed by atoms with Crippen LogP contribution in [0.3, 0.4) is 0 Å². The molecule has 0 heterocycles. The summed E-state index contributed by atoms with van der Waals surface area (Å²) in [6.07, 6.45) is 0. The fraction of sp³-hybridized carbons (Fsp3) is 1.00. The molecule has 0 saturated carbocycles. The molecule has 6 nitrogen and oxygen atoms in total. The Hall–Kier alpha value is -0.0231. The van der Waals surface area contributed by atoms with Crippen molar-refractivity contribution >= 4 is 8.80 Å². The van der Waals surface area contributed by atoms with Gasteiger partial charge in [-0.05, 0) is 61.5 Å². The Morgan fingerprint density at radius 2 is 0.889 bits per heavy atom. The summed E-state index contributed by atoms with van der Waals surface area (Å²) in [5.74, 6) is 0. The van der Waals surface area contributed by atoms with E-state index in [0.717, 1.165) is 45.3 Å². The summed E-state index contributed by atoms with van der Waals surface area (Å²) in [5.41, 5.74) is 0.0199. The van der Waals surface area contributed by atoms with Crippen LogP contribution in [0.25, 0.3) is 0 Å². The molecule has 0 aromatic rings. The standard InChI is InChI=1S/C20H47N3O3Si/c1-10-21(7)16-20(17-22(8)11-2,18-23(9)12-3)19-27(24-13-4,25-14-5)26-15-6/h10-19H2,1-9H3. The first-order chi connectivity index (χ1) is 12.8. The van der Waals surface area contributed by atoms with Gasteiger partial charge >= 0.3 is 8.80 Å². The topological polar surface area (TPSA) is 37.4 Å². The summed E-state index contributed by atoms with van der Waals surface area (Å²) in [7, 11) is 3.87. The van der Waals surface area contributed by atoms with E-state index in [1.807, 2.05) is 20.8 Å². The molecule has 0 saturated heterocycles. The van der Waals surface area contributed by atoms with Gasteiger partial charge in [0.25, 0.3) is 0 Å². The molecule has 27 heavy (non-hydrogen) atoms. The zero-order valence-electron chi connectivity index (χ0n) is 19.6. The fourth-order valence-corrected chi connectivity index (χ4v) is 6.90. The van der Waals surface area contributed by atoms with Crippen LogP contribution in [0.4, 0.5) is 0 Å². The van der Waals surface area contributed by atoms with Crippen LogP contribution in [0.2, 0.25) is 6.04 Å². The van der Waals surface area contributed by atoms with Crippen molar-refractivity contribution in [2.45, 2.75) is 47.6 Å². The second kappa shape index (κ2) is 14.0. The first-order valence-electron chi connectivity index (χ1n) is 10.7. The van der Waals surface area contributed by atoms with Gasteiger partial charge in [-0.3, -0.25) is 0 Å². The van der Waals surface area contributed by atoms with Crippen LogP contribution in [0, 0.1) is 5.41 Å². The Morgan fingerprint density at radius 1 is 0.593 bits per heavy atom. The van der Waals surface area contributed by atoms with Crippen molar-refractivity contribution < 1.29 is 13.3 Å². The summed E-state index contributed by atoms with van der Waals surface area (Å²) < 4.78 is 18.8. The van der Waals surface area contributed by atoms with Crippen LogP contribution in [0.15, 0.2) is 0 Å². The zero-order valence-corrected chi connectivity index (χ0v) is 20.6. The van der Waals surface area contributed by atoms with Gasteiger partial charge in [0.2, 0.25) is 0 Å². The molecule has 0 aromatic carbocycles. The largest absolute Gasteiger partial charge is 0.501 e. The molecular formula is C20H47N3O3Si. The molecular weight excluding hydrogens is 358 g/mol. The first kappa shape index (κ1) is 27.0. The van der Waals surface area contributed by atoms with E-state index in [1.165, 1.54) is 0 Å². The van der Waals surface area contributed by atoms with Gasteiger partial charge in [0.1, 0.15) is 0 Å². The van der Waals surface area contributed by atoms with Gasteiger partial charge in [-0.1, -0.05) is 20.8 Å². The van der Waals surface area contributed by atoms with Gasteiger partial charge in [0.15, 0.2) is 0 Å². The summed E-state index contributed by atoms with van der Waals surface area (Å²) >= 11 is 0. The van der Waals surface area contributed by atoms with Gasteiger partial charge in [0, 0.05) is 50.9 Å². The van der Waals surface area contributed by atoms with Crippen LogP contribution in [-0.2, 0) is 13.3 Å². The monoisotopic (exact) mass is 405 g/mol. The van der Waals surface area contributed by atoms with Crippen LogP contribution in [-0.4, -0.2) is 104 Å². The Balaban J connectivity index is 6.00. The third kappa shape index (κ3) is 9.83. The summed E-state index contributed by atoms with van der Waals surface area (Å²) in [4.78, 5) is 7.24.